The maximum Gasteiger partial charge on any atom is 0.259 e. The lowest BCUT2D eigenvalue weighted by atomic mass is 9.62. The molecule has 2 fully saturated rings. The first-order chi connectivity index (χ1) is 26.3. The molecule has 5 atom stereocenters. The van der Waals surface area contributed by atoms with Crippen molar-refractivity contribution < 1.29 is 33.3 Å². The van der Waals surface area contributed by atoms with Gasteiger partial charge in [-0.05, 0) is 63.0 Å². The zero-order valence-corrected chi connectivity index (χ0v) is 32.7. The maximum absolute atomic E-state index is 15.3. The molecule has 0 unspecified atom stereocenters. The molecule has 9 nitrogen and oxygen atoms in total. The second kappa shape index (κ2) is 16.2. The summed E-state index contributed by atoms with van der Waals surface area (Å²) in [7, 11) is 6.75. The summed E-state index contributed by atoms with van der Waals surface area (Å²) in [5.74, 6) is -0.701. The highest BCUT2D eigenvalue weighted by Gasteiger charge is 2.75. The lowest BCUT2D eigenvalue weighted by molar-refractivity contribution is -0.153. The van der Waals surface area contributed by atoms with E-state index in [0.29, 0.717) is 36.5 Å². The van der Waals surface area contributed by atoms with Gasteiger partial charge < -0.3 is 28.6 Å². The van der Waals surface area contributed by atoms with Crippen molar-refractivity contribution in [1.29, 1.82) is 0 Å². The van der Waals surface area contributed by atoms with Gasteiger partial charge in [-0.1, -0.05) is 103 Å². The number of ether oxygens (including phenoxy) is 5. The third-order valence-electron chi connectivity index (χ3n) is 11.7. The Labute approximate surface area is 325 Å². The molecule has 7 rings (SSSR count). The van der Waals surface area contributed by atoms with Crippen molar-refractivity contribution in [3.05, 3.63) is 148 Å². The first kappa shape index (κ1) is 38.0. The van der Waals surface area contributed by atoms with E-state index in [0.717, 1.165) is 21.2 Å². The molecule has 4 aromatic rings. The van der Waals surface area contributed by atoms with Gasteiger partial charge in [0.25, 0.3) is 5.91 Å². The van der Waals surface area contributed by atoms with Crippen LogP contribution >= 0.6 is 15.9 Å². The summed E-state index contributed by atoms with van der Waals surface area (Å²) in [5, 5.41) is 0. The predicted octanol–water partition coefficient (Wildman–Crippen LogP) is 7.55. The van der Waals surface area contributed by atoms with Crippen molar-refractivity contribution in [2.75, 3.05) is 53.4 Å². The van der Waals surface area contributed by atoms with Crippen molar-refractivity contribution in [2.24, 2.45) is 23.2 Å². The van der Waals surface area contributed by atoms with Crippen LogP contribution in [0.25, 0.3) is 0 Å². The number of allylic oxidation sites excluding steroid dienone is 1. The van der Waals surface area contributed by atoms with Gasteiger partial charge in [0.05, 0.1) is 29.9 Å². The van der Waals surface area contributed by atoms with Crippen LogP contribution in [0, 0.1) is 23.2 Å². The minimum absolute atomic E-state index is 0.0111. The van der Waals surface area contributed by atoms with Crippen molar-refractivity contribution >= 4 is 33.4 Å². The Morgan fingerprint density at radius 1 is 0.870 bits per heavy atom. The third kappa shape index (κ3) is 6.47. The topological polar surface area (TPSA) is 86.8 Å². The summed E-state index contributed by atoms with van der Waals surface area (Å²) in [4.78, 5) is 33.7. The molecule has 10 heteroatoms. The van der Waals surface area contributed by atoms with E-state index in [1.807, 2.05) is 103 Å². The molecule has 3 aliphatic rings. The van der Waals surface area contributed by atoms with Gasteiger partial charge >= 0.3 is 0 Å². The molecular weight excluding hydrogens is 748 g/mol. The molecule has 0 spiro atoms. The van der Waals surface area contributed by atoms with E-state index in [4.69, 9.17) is 23.7 Å². The molecule has 1 aliphatic heterocycles. The van der Waals surface area contributed by atoms with E-state index >= 15 is 4.79 Å². The van der Waals surface area contributed by atoms with Crippen LogP contribution in [0.1, 0.15) is 29.5 Å². The Kier molecular flexibility index (Phi) is 11.4. The number of amides is 2. The predicted molar refractivity (Wildman–Crippen MR) is 209 cm³/mol. The summed E-state index contributed by atoms with van der Waals surface area (Å²) in [5.41, 5.74) is 2.23. The third-order valence-corrected chi connectivity index (χ3v) is 12.4. The fourth-order valence-electron chi connectivity index (χ4n) is 9.52. The van der Waals surface area contributed by atoms with Crippen molar-refractivity contribution in [1.82, 2.24) is 4.90 Å². The number of para-hydroxylation sites is 1. The largest absolute Gasteiger partial charge is 0.471 e. The minimum Gasteiger partial charge on any atom is -0.471 e. The second-order valence-corrected chi connectivity index (χ2v) is 15.2. The van der Waals surface area contributed by atoms with Crippen LogP contribution in [0.2, 0.25) is 0 Å². The van der Waals surface area contributed by atoms with Gasteiger partial charge in [0.2, 0.25) is 5.91 Å². The number of benzene rings is 4. The van der Waals surface area contributed by atoms with Gasteiger partial charge in [0.15, 0.2) is 6.79 Å². The van der Waals surface area contributed by atoms with Crippen LogP contribution < -0.4 is 4.90 Å². The average molecular weight is 796 g/mol. The number of hydrogen-bond acceptors (Lipinski definition) is 7. The van der Waals surface area contributed by atoms with Gasteiger partial charge in [0, 0.05) is 51.2 Å². The van der Waals surface area contributed by atoms with Gasteiger partial charge in [-0.25, -0.2) is 0 Å². The monoisotopic (exact) mass is 794 g/mol. The fraction of sp³-hybridized carbons (Fsp3) is 0.364. The summed E-state index contributed by atoms with van der Waals surface area (Å²) >= 11 is 3.66. The summed E-state index contributed by atoms with van der Waals surface area (Å²) in [6.45, 7) is 0.412. The lowest BCUT2D eigenvalue weighted by Gasteiger charge is -2.46. The summed E-state index contributed by atoms with van der Waals surface area (Å²) in [6.07, 6.45) is 0.892. The highest BCUT2D eigenvalue weighted by atomic mass is 79.9. The number of likely N-dealkylation sites (tertiary alicyclic amines) is 1. The smallest absolute Gasteiger partial charge is 0.259 e. The molecule has 4 bridgehead atoms. The van der Waals surface area contributed by atoms with E-state index in [1.165, 1.54) is 0 Å². The van der Waals surface area contributed by atoms with Crippen LogP contribution in [0.4, 0.5) is 5.69 Å². The van der Waals surface area contributed by atoms with E-state index in [9.17, 15) is 4.79 Å². The van der Waals surface area contributed by atoms with E-state index < -0.39 is 16.9 Å². The normalized spacial score (nSPS) is 23.2. The molecule has 4 aromatic carbocycles. The number of rotatable bonds is 16. The number of halogens is 1. The summed E-state index contributed by atoms with van der Waals surface area (Å²) < 4.78 is 31.5. The Bertz CT molecular complexity index is 1920. The zero-order valence-electron chi connectivity index (χ0n) is 31.2. The molecule has 0 aromatic heterocycles. The van der Waals surface area contributed by atoms with Crippen LogP contribution in [-0.2, 0) is 45.5 Å². The van der Waals surface area contributed by atoms with Crippen LogP contribution in [0.15, 0.2) is 131 Å². The SMILES string of the molecule is COCOC1=C(C(=O)N(COC)c2ccccc2Br)[C@H]2[C@H]3[C@@H](CC(OC)(c4ccccc4)c4ccccc4)[C@@H](C1)[C@]2(COCc1ccccc1)C(=O)N3C. The molecule has 0 N–H and O–H groups in total. The van der Waals surface area contributed by atoms with Gasteiger partial charge in [-0.15, -0.1) is 0 Å². The zero-order chi connectivity index (χ0) is 37.9. The fourth-order valence-corrected chi connectivity index (χ4v) is 10.0. The van der Waals surface area contributed by atoms with Crippen molar-refractivity contribution in [2.45, 2.75) is 31.1 Å². The van der Waals surface area contributed by atoms with Crippen LogP contribution in [0.5, 0.6) is 0 Å². The first-order valence-electron chi connectivity index (χ1n) is 18.3. The van der Waals surface area contributed by atoms with E-state index in [2.05, 4.69) is 40.2 Å². The minimum atomic E-state index is -1.05. The molecule has 2 aliphatic carbocycles. The molecule has 0 radical (unpaired) electrons. The first-order valence-corrected chi connectivity index (χ1v) is 19.1. The van der Waals surface area contributed by atoms with E-state index in [-0.39, 0.29) is 49.8 Å². The molecule has 282 valence electrons. The highest BCUT2D eigenvalue weighted by molar-refractivity contribution is 9.10. The number of nitrogens with zero attached hydrogens (tertiary/aromatic N) is 2. The Hall–Kier alpha value is -4.32. The number of methoxy groups -OCH3 is 3. The van der Waals surface area contributed by atoms with Crippen molar-refractivity contribution in [3.8, 4) is 0 Å². The summed E-state index contributed by atoms with van der Waals surface area (Å²) in [6, 6.07) is 37.7. The van der Waals surface area contributed by atoms with Gasteiger partial charge in [0.1, 0.15) is 18.1 Å². The van der Waals surface area contributed by atoms with Crippen LogP contribution in [0.3, 0.4) is 0 Å². The number of carbonyl (C=O) groups is 2. The quantitative estimate of drug-likeness (QED) is 0.108. The molecule has 1 saturated carbocycles. The number of piperidine rings is 1. The molecule has 1 saturated heterocycles. The Morgan fingerprint density at radius 3 is 2.07 bits per heavy atom. The average Bonchev–Trinajstić information content (AvgIpc) is 3.52. The number of anilines is 1. The number of carbonyl (C=O) groups excluding carboxylic acids is 2. The lowest BCUT2D eigenvalue weighted by Crippen LogP contribution is -2.53. The maximum atomic E-state index is 15.3. The number of hydrogen-bond donors (Lipinski definition) is 0. The molecule has 1 heterocycles. The Balaban J connectivity index is 1.39. The molecular formula is C44H47BrN2O7. The van der Waals surface area contributed by atoms with Crippen LogP contribution in [-0.4, -0.2) is 71.3 Å². The van der Waals surface area contributed by atoms with E-state index in [1.54, 1.807) is 26.2 Å². The standard InChI is InChI=1S/C44H47BrN2O7/c1-46-40-33(25-44(52-4,31-18-10-6-11-19-31)32-20-12-7-13-21-32)34-24-37(54-29-51-3)38(41(48)47(28-50-2)36-23-15-14-22-35(36)45)39(40)43(34,42(46)49)27-53-26-30-16-8-5-9-17-30/h5-23,33-34,39-40H,24-29H2,1-4H3/t33-,34+,39-,40+,43-/m0/s1. The van der Waals surface area contributed by atoms with Crippen molar-refractivity contribution in [3.63, 3.8) is 0 Å². The highest BCUT2D eigenvalue weighted by Crippen LogP contribution is 2.68. The Morgan fingerprint density at radius 2 is 1.48 bits per heavy atom. The van der Waals surface area contributed by atoms with Gasteiger partial charge in [-0.2, -0.15) is 0 Å². The molecule has 54 heavy (non-hydrogen) atoms. The molecule has 2 amide bonds. The van der Waals surface area contributed by atoms with Gasteiger partial charge in [-0.3, -0.25) is 14.5 Å². The second-order valence-electron chi connectivity index (χ2n) is 14.3.